The van der Waals surface area contributed by atoms with Crippen molar-refractivity contribution in [2.24, 2.45) is 0 Å². The highest BCUT2D eigenvalue weighted by Crippen LogP contribution is 2.31. The van der Waals surface area contributed by atoms with Gasteiger partial charge in [0.1, 0.15) is 12.3 Å². The van der Waals surface area contributed by atoms with Crippen LogP contribution in [0.2, 0.25) is 0 Å². The zero-order chi connectivity index (χ0) is 18.5. The lowest BCUT2D eigenvalue weighted by Crippen LogP contribution is -2.35. The Morgan fingerprint density at radius 3 is 2.50 bits per heavy atom. The molecule has 3 rings (SSSR count). The summed E-state index contributed by atoms with van der Waals surface area (Å²) in [4.78, 5) is 15.0. The Labute approximate surface area is 155 Å². The second-order valence-corrected chi connectivity index (χ2v) is 6.72. The summed E-state index contributed by atoms with van der Waals surface area (Å²) in [5, 5.41) is 2.33. The van der Waals surface area contributed by atoms with Crippen LogP contribution in [0.3, 0.4) is 0 Å². The first-order valence-corrected chi connectivity index (χ1v) is 9.52. The molecule has 2 aromatic carbocycles. The summed E-state index contributed by atoms with van der Waals surface area (Å²) in [5.74, 6) is 0.996. The van der Waals surface area contributed by atoms with Gasteiger partial charge in [-0.3, -0.25) is 4.79 Å². The van der Waals surface area contributed by atoms with Gasteiger partial charge in [-0.05, 0) is 31.0 Å². The van der Waals surface area contributed by atoms with Crippen LogP contribution in [0.4, 0.5) is 0 Å². The highest BCUT2D eigenvalue weighted by molar-refractivity contribution is 6.09. The topological polar surface area (TPSA) is 34.5 Å². The van der Waals surface area contributed by atoms with E-state index in [4.69, 9.17) is 4.74 Å². The molecule has 4 nitrogen and oxygen atoms in total. The molecule has 1 aromatic heterocycles. The highest BCUT2D eigenvalue weighted by atomic mass is 16.5. The quantitative estimate of drug-likeness (QED) is 0.581. The zero-order valence-corrected chi connectivity index (χ0v) is 16.0. The van der Waals surface area contributed by atoms with Crippen molar-refractivity contribution in [2.45, 2.75) is 39.7 Å². The number of methoxy groups -OCH3 is 1. The monoisotopic (exact) mass is 352 g/mol. The highest BCUT2D eigenvalue weighted by Gasteiger charge is 2.17. The third kappa shape index (κ3) is 3.55. The SMILES string of the molecule is CCCCN(CCC)C(=O)Cn1c2ccccc2c2ccc(OC)cc21. The van der Waals surface area contributed by atoms with E-state index in [0.717, 1.165) is 54.5 Å². The Hall–Kier alpha value is -2.49. The van der Waals surface area contributed by atoms with Gasteiger partial charge in [0.15, 0.2) is 0 Å². The normalized spacial score (nSPS) is 11.2. The van der Waals surface area contributed by atoms with E-state index in [2.05, 4.69) is 36.6 Å². The van der Waals surface area contributed by atoms with Gasteiger partial charge < -0.3 is 14.2 Å². The van der Waals surface area contributed by atoms with Gasteiger partial charge in [-0.15, -0.1) is 0 Å². The van der Waals surface area contributed by atoms with E-state index >= 15 is 0 Å². The number of benzene rings is 2. The van der Waals surface area contributed by atoms with Crippen molar-refractivity contribution in [2.75, 3.05) is 20.2 Å². The number of amides is 1. The van der Waals surface area contributed by atoms with Crippen LogP contribution >= 0.6 is 0 Å². The molecule has 0 radical (unpaired) electrons. The summed E-state index contributed by atoms with van der Waals surface area (Å²) in [6, 6.07) is 14.4. The first-order chi connectivity index (χ1) is 12.7. The fourth-order valence-electron chi connectivity index (χ4n) is 3.54. The molecule has 0 aliphatic rings. The van der Waals surface area contributed by atoms with Crippen LogP contribution in [0, 0.1) is 0 Å². The third-order valence-corrected chi connectivity index (χ3v) is 4.90. The van der Waals surface area contributed by atoms with E-state index in [1.165, 1.54) is 5.39 Å². The predicted octanol–water partition coefficient (Wildman–Crippen LogP) is 4.84. The van der Waals surface area contributed by atoms with Crippen LogP contribution in [-0.4, -0.2) is 35.6 Å². The molecular formula is C22H28N2O2. The minimum absolute atomic E-state index is 0.186. The molecule has 0 aliphatic heterocycles. The lowest BCUT2D eigenvalue weighted by molar-refractivity contribution is -0.131. The van der Waals surface area contributed by atoms with E-state index in [1.54, 1.807) is 7.11 Å². The number of fused-ring (bicyclic) bond motifs is 3. The van der Waals surface area contributed by atoms with Crippen molar-refractivity contribution in [1.29, 1.82) is 0 Å². The van der Waals surface area contributed by atoms with Crippen molar-refractivity contribution >= 4 is 27.7 Å². The fraction of sp³-hybridized carbons (Fsp3) is 0.409. The van der Waals surface area contributed by atoms with Crippen molar-refractivity contribution in [1.82, 2.24) is 9.47 Å². The number of nitrogens with zero attached hydrogens (tertiary/aromatic N) is 2. The van der Waals surface area contributed by atoms with Crippen molar-refractivity contribution in [3.63, 3.8) is 0 Å². The van der Waals surface area contributed by atoms with Crippen LogP contribution < -0.4 is 4.74 Å². The summed E-state index contributed by atoms with van der Waals surface area (Å²) in [6.45, 7) is 6.30. The molecule has 4 heteroatoms. The molecule has 0 spiro atoms. The molecule has 0 N–H and O–H groups in total. The molecule has 3 aromatic rings. The number of hydrogen-bond donors (Lipinski definition) is 0. The molecule has 26 heavy (non-hydrogen) atoms. The summed E-state index contributed by atoms with van der Waals surface area (Å²) in [5.41, 5.74) is 2.14. The standard InChI is InChI=1S/C22H28N2O2/c1-4-6-14-23(13-5-2)22(25)16-24-20-10-8-7-9-18(20)19-12-11-17(26-3)15-21(19)24/h7-12,15H,4-6,13-14,16H2,1-3H3. The molecule has 0 unspecified atom stereocenters. The molecule has 0 saturated heterocycles. The van der Waals surface area contributed by atoms with Crippen molar-refractivity contribution < 1.29 is 9.53 Å². The number of para-hydroxylation sites is 1. The Bertz CT molecular complexity index is 898. The molecule has 0 fully saturated rings. The van der Waals surface area contributed by atoms with Crippen molar-refractivity contribution in [3.05, 3.63) is 42.5 Å². The Balaban J connectivity index is 2.03. The summed E-state index contributed by atoms with van der Waals surface area (Å²) >= 11 is 0. The Morgan fingerprint density at radius 2 is 1.77 bits per heavy atom. The fourth-order valence-corrected chi connectivity index (χ4v) is 3.54. The smallest absolute Gasteiger partial charge is 0.242 e. The summed E-state index contributed by atoms with van der Waals surface area (Å²) in [7, 11) is 1.67. The van der Waals surface area contributed by atoms with Gasteiger partial charge in [-0.2, -0.15) is 0 Å². The van der Waals surface area contributed by atoms with Gasteiger partial charge >= 0.3 is 0 Å². The largest absolute Gasteiger partial charge is 0.497 e. The molecule has 138 valence electrons. The maximum Gasteiger partial charge on any atom is 0.242 e. The minimum Gasteiger partial charge on any atom is -0.497 e. The molecular weight excluding hydrogens is 324 g/mol. The number of carbonyl (C=O) groups excluding carboxylic acids is 1. The lowest BCUT2D eigenvalue weighted by atomic mass is 10.1. The molecule has 0 aliphatic carbocycles. The molecule has 0 atom stereocenters. The van der Waals surface area contributed by atoms with E-state index < -0.39 is 0 Å². The van der Waals surface area contributed by atoms with E-state index in [1.807, 2.05) is 29.2 Å². The van der Waals surface area contributed by atoms with Gasteiger partial charge in [0.25, 0.3) is 0 Å². The maximum absolute atomic E-state index is 13.0. The molecule has 1 heterocycles. The Kier molecular flexibility index (Phi) is 5.82. The number of aromatic nitrogens is 1. The predicted molar refractivity (Wildman–Crippen MR) is 108 cm³/mol. The average molecular weight is 352 g/mol. The second kappa shape index (κ2) is 8.26. The molecule has 0 saturated carbocycles. The van der Waals surface area contributed by atoms with Gasteiger partial charge in [0.05, 0.1) is 12.6 Å². The third-order valence-electron chi connectivity index (χ3n) is 4.90. The average Bonchev–Trinajstić information content (AvgIpc) is 2.98. The summed E-state index contributed by atoms with van der Waals surface area (Å²) in [6.07, 6.45) is 3.13. The van der Waals surface area contributed by atoms with Crippen LogP contribution in [0.1, 0.15) is 33.1 Å². The van der Waals surface area contributed by atoms with Gasteiger partial charge in [0.2, 0.25) is 5.91 Å². The number of unbranched alkanes of at least 4 members (excludes halogenated alkanes) is 1. The van der Waals surface area contributed by atoms with Gasteiger partial charge in [0, 0.05) is 35.4 Å². The van der Waals surface area contributed by atoms with Crippen molar-refractivity contribution in [3.8, 4) is 5.75 Å². The molecule has 1 amide bonds. The van der Waals surface area contributed by atoms with E-state index in [9.17, 15) is 4.79 Å². The second-order valence-electron chi connectivity index (χ2n) is 6.72. The van der Waals surface area contributed by atoms with Crippen LogP contribution in [0.25, 0.3) is 21.8 Å². The lowest BCUT2D eigenvalue weighted by Gasteiger charge is -2.22. The summed E-state index contributed by atoms with van der Waals surface area (Å²) < 4.78 is 7.54. The number of ether oxygens (including phenoxy) is 1. The van der Waals surface area contributed by atoms with Crippen LogP contribution in [0.5, 0.6) is 5.75 Å². The van der Waals surface area contributed by atoms with Crippen LogP contribution in [-0.2, 0) is 11.3 Å². The van der Waals surface area contributed by atoms with Gasteiger partial charge in [-0.1, -0.05) is 38.5 Å². The number of carbonyl (C=O) groups is 1. The first-order valence-electron chi connectivity index (χ1n) is 9.52. The number of rotatable bonds is 8. The Morgan fingerprint density at radius 1 is 1.00 bits per heavy atom. The van der Waals surface area contributed by atoms with Crippen LogP contribution in [0.15, 0.2) is 42.5 Å². The van der Waals surface area contributed by atoms with Gasteiger partial charge in [-0.25, -0.2) is 0 Å². The molecule has 0 bridgehead atoms. The van der Waals surface area contributed by atoms with E-state index in [0.29, 0.717) is 6.54 Å². The zero-order valence-electron chi connectivity index (χ0n) is 16.0. The number of hydrogen-bond acceptors (Lipinski definition) is 2. The maximum atomic E-state index is 13.0. The van der Waals surface area contributed by atoms with E-state index in [-0.39, 0.29) is 5.91 Å². The minimum atomic E-state index is 0.186. The first kappa shape index (κ1) is 18.3.